The van der Waals surface area contributed by atoms with Crippen LogP contribution in [0.4, 0.5) is 87.4 Å². The van der Waals surface area contributed by atoms with Gasteiger partial charge in [-0.25, -0.2) is 24.0 Å². The summed E-state index contributed by atoms with van der Waals surface area (Å²) in [4.78, 5) is 123. The predicted molar refractivity (Wildman–Crippen MR) is 551 cm³/mol. The predicted octanol–water partition coefficient (Wildman–Crippen LogP) is 23.3. The van der Waals surface area contributed by atoms with Crippen molar-refractivity contribution in [1.29, 1.82) is 0 Å². The van der Waals surface area contributed by atoms with Crippen LogP contribution in [0.15, 0.2) is 279 Å². The molecule has 0 aliphatic carbocycles. The van der Waals surface area contributed by atoms with Gasteiger partial charge < -0.3 is 82.8 Å². The van der Waals surface area contributed by atoms with Gasteiger partial charge in [-0.3, -0.25) is 45.2 Å². The standard InChI is InChI=1S/C20H22N2O5.C20H24N2O3.C18H19IN2O3.C18H20N2O4.C15H16N2O.C6H8N2.C5H10N2.2CH4/c1-20(2,3)27-19(25)22-16-8-6-5-7-15(16)21-17(23)13-9-11-14(12-10-13)18(24)26-4;1-5-14-10-12-15(13-11-14)18(23)21-16-8-6-7-9-17(16)22-19(24)25-20(2,3)4;1-18(2,3)24-17(23)21-15-7-5-4-6-14(15)20-16(22)12-8-10-13(19)11-9-12;1-18(2,3)24-17(23)20-15-7-5-4-6-14(15)19-16(22)12-8-10-13(21)11-9-12;1-2-11-7-9-12(10-8-11)15(18)17-14-6-4-3-5-13(14)16;7-5-3-1-2-4-6(5)8;1-5-6-3-4-7(5)2;;/h5-12H,1-4H3,(H,21,23)(H,22,25);6-13H,5H2,1-4H3,(H,21,23)(H,22,24);4-11H,1-3H3,(H,20,22)(H,21,23);4-11,21H,1-3H3,(H,19,22)(H,20,23);3-10H,2,16H2,1H3,(H,17,18);1-4H,7-8H2;3-6H,1-2H3;2*1H4. The van der Waals surface area contributed by atoms with E-state index in [9.17, 15) is 53.1 Å². The van der Waals surface area contributed by atoms with Gasteiger partial charge in [-0.2, -0.15) is 0 Å². The number of aryl methyl sites for hydroxylation is 2. The molecule has 1 heterocycles. The summed E-state index contributed by atoms with van der Waals surface area (Å²) in [5.41, 5.74) is 25.5. The summed E-state index contributed by atoms with van der Waals surface area (Å²) in [6, 6.07) is 76.2. The van der Waals surface area contributed by atoms with Gasteiger partial charge in [-0.05, 0) is 306 Å². The number of halogens is 1. The first-order chi connectivity index (χ1) is 62.8. The second-order valence-corrected chi connectivity index (χ2v) is 34.5. The van der Waals surface area contributed by atoms with E-state index in [1.54, 1.807) is 229 Å². The van der Waals surface area contributed by atoms with Crippen molar-refractivity contribution in [3.05, 3.63) is 327 Å². The van der Waals surface area contributed by atoms with E-state index in [0.29, 0.717) is 108 Å². The Labute approximate surface area is 805 Å². The molecule has 11 aromatic carbocycles. The van der Waals surface area contributed by atoms with Gasteiger partial charge in [0.1, 0.15) is 28.2 Å². The lowest BCUT2D eigenvalue weighted by Gasteiger charge is -2.20. The zero-order valence-electron chi connectivity index (χ0n) is 77.7. The number of carbonyl (C=O) groups excluding carboxylic acids is 10. The average molecular weight is 1960 g/mol. The summed E-state index contributed by atoms with van der Waals surface area (Å²) in [7, 11) is 3.33. The number of carbonyl (C=O) groups is 10. The molecule has 30 nitrogen and oxygen atoms in total. The number of para-hydroxylation sites is 12. The van der Waals surface area contributed by atoms with E-state index in [1.165, 1.54) is 66.8 Å². The lowest BCUT2D eigenvalue weighted by Crippen LogP contribution is -2.28. The summed E-state index contributed by atoms with van der Waals surface area (Å²) in [6.07, 6.45) is 3.98. The van der Waals surface area contributed by atoms with Crippen molar-refractivity contribution >= 4 is 151 Å². The Bertz CT molecular complexity index is 5590. The van der Waals surface area contributed by atoms with Crippen LogP contribution in [0.2, 0.25) is 0 Å². The molecule has 17 N–H and O–H groups in total. The summed E-state index contributed by atoms with van der Waals surface area (Å²) < 4.78 is 26.6. The molecule has 0 saturated carbocycles. The molecule has 11 aromatic rings. The van der Waals surface area contributed by atoms with E-state index >= 15 is 0 Å². The smallest absolute Gasteiger partial charge is 0.412 e. The number of hydrogen-bond donors (Lipinski definition) is 14. The molecule has 1 unspecified atom stereocenters. The largest absolute Gasteiger partial charge is 0.508 e. The number of phenolic OH excluding ortho intramolecular Hbond substituents is 1. The van der Waals surface area contributed by atoms with Crippen molar-refractivity contribution in [1.82, 2.24) is 10.2 Å². The number of rotatable bonds is 17. The second-order valence-electron chi connectivity index (χ2n) is 33.2. The van der Waals surface area contributed by atoms with Crippen LogP contribution >= 0.6 is 22.6 Å². The van der Waals surface area contributed by atoms with E-state index in [0.717, 1.165) is 16.4 Å². The third-order valence-corrected chi connectivity index (χ3v) is 18.5. The van der Waals surface area contributed by atoms with Crippen LogP contribution in [-0.2, 0) is 36.5 Å². The van der Waals surface area contributed by atoms with Gasteiger partial charge in [-0.1, -0.05) is 126 Å². The Morgan fingerprint density at radius 1 is 0.341 bits per heavy atom. The number of nitrogens with one attached hydrogen (secondary N) is 10. The number of ether oxygens (including phenoxy) is 5. The fourth-order valence-corrected chi connectivity index (χ4v) is 11.3. The van der Waals surface area contributed by atoms with Gasteiger partial charge in [0.2, 0.25) is 0 Å². The number of aromatic hydroxyl groups is 1. The molecule has 0 spiro atoms. The highest BCUT2D eigenvalue weighted by molar-refractivity contribution is 14.1. The number of anilines is 12. The number of nitrogens with zero attached hydrogens (tertiary/aromatic N) is 1. The molecule has 1 aliphatic heterocycles. The van der Waals surface area contributed by atoms with Crippen molar-refractivity contribution in [2.45, 2.75) is 160 Å². The van der Waals surface area contributed by atoms with E-state index in [-0.39, 0.29) is 50.1 Å². The molecule has 1 atom stereocenters. The molecular weight excluding hydrogens is 1830 g/mol. The first-order valence-electron chi connectivity index (χ1n) is 42.2. The minimum atomic E-state index is -0.635. The molecule has 135 heavy (non-hydrogen) atoms. The van der Waals surface area contributed by atoms with Crippen LogP contribution in [-0.4, -0.2) is 113 Å². The molecule has 716 valence electrons. The van der Waals surface area contributed by atoms with Gasteiger partial charge in [0.25, 0.3) is 29.5 Å². The quantitative estimate of drug-likeness (QED) is 0.0174. The molecule has 0 radical (unpaired) electrons. The van der Waals surface area contributed by atoms with Crippen LogP contribution in [0.1, 0.15) is 192 Å². The molecular formula is C104H127IN14O16. The molecule has 12 rings (SSSR count). The Morgan fingerprint density at radius 3 is 0.785 bits per heavy atom. The number of amides is 9. The normalized spacial score (nSPS) is 11.3. The van der Waals surface area contributed by atoms with Gasteiger partial charge in [0.15, 0.2) is 0 Å². The van der Waals surface area contributed by atoms with Crippen molar-refractivity contribution in [2.24, 2.45) is 0 Å². The van der Waals surface area contributed by atoms with Gasteiger partial charge in [0.05, 0.1) is 87.1 Å². The monoisotopic (exact) mass is 1950 g/mol. The molecule has 1 aliphatic rings. The molecule has 0 fully saturated rings. The maximum atomic E-state index is 12.5. The molecule has 0 aromatic heterocycles. The van der Waals surface area contributed by atoms with Crippen LogP contribution in [0.3, 0.4) is 0 Å². The number of esters is 1. The van der Waals surface area contributed by atoms with Crippen LogP contribution < -0.4 is 70.4 Å². The number of phenols is 1. The van der Waals surface area contributed by atoms with Gasteiger partial charge >= 0.3 is 30.3 Å². The average Bonchev–Trinajstić information content (AvgIpc) is 1.38. The Kier molecular flexibility index (Phi) is 45.1. The Morgan fingerprint density at radius 2 is 0.563 bits per heavy atom. The highest BCUT2D eigenvalue weighted by atomic mass is 127. The van der Waals surface area contributed by atoms with Crippen molar-refractivity contribution in [3.63, 3.8) is 0 Å². The van der Waals surface area contributed by atoms with Crippen LogP contribution in [0.25, 0.3) is 0 Å². The first kappa shape index (κ1) is 112. The van der Waals surface area contributed by atoms with E-state index in [1.807, 2.05) is 92.2 Å². The zero-order valence-corrected chi connectivity index (χ0v) is 79.8. The zero-order chi connectivity index (χ0) is 98.2. The molecule has 0 bridgehead atoms. The molecule has 0 saturated heterocycles. The third kappa shape index (κ3) is 41.7. The minimum absolute atomic E-state index is 0. The Hall–Kier alpha value is -15.4. The summed E-state index contributed by atoms with van der Waals surface area (Å²) >= 11 is 2.18. The summed E-state index contributed by atoms with van der Waals surface area (Å²) in [5.74, 6) is -1.76. The van der Waals surface area contributed by atoms with E-state index < -0.39 is 52.7 Å². The van der Waals surface area contributed by atoms with Gasteiger partial charge in [0, 0.05) is 50.8 Å². The lowest BCUT2D eigenvalue weighted by atomic mass is 10.1. The number of hydrogen-bond acceptors (Lipinski definition) is 21. The summed E-state index contributed by atoms with van der Waals surface area (Å²) in [6.45, 7) is 27.6. The number of benzene rings is 11. The molecule has 31 heteroatoms. The topological polar surface area (TPSA) is 439 Å². The highest BCUT2D eigenvalue weighted by Crippen LogP contribution is 2.29. The van der Waals surface area contributed by atoms with E-state index in [4.69, 9.17) is 36.1 Å². The molecule has 9 amide bonds. The minimum Gasteiger partial charge on any atom is -0.508 e. The summed E-state index contributed by atoms with van der Waals surface area (Å²) in [5, 5.41) is 36.8. The van der Waals surface area contributed by atoms with Gasteiger partial charge in [-0.15, -0.1) is 0 Å². The number of methoxy groups -OCH3 is 1. The maximum Gasteiger partial charge on any atom is 0.412 e. The number of nitrogen functional groups attached to an aromatic ring is 3. The van der Waals surface area contributed by atoms with Crippen LogP contribution in [0, 0.1) is 3.57 Å². The SMILES string of the molecule is C.C.CC(C)(C)OC(=O)Nc1ccccc1NC(=O)c1ccc(I)cc1.CC(C)(C)OC(=O)Nc1ccccc1NC(=O)c1ccc(O)cc1.CC1NC=CN1C.CCc1ccc(C(=O)Nc2ccccc2N)cc1.CCc1ccc(C(=O)Nc2ccccc2NC(=O)OC(C)(C)C)cc1.COC(=O)c1ccc(C(=O)Nc2ccccc2NC(=O)OC(C)(C)C)cc1.Nc1ccccc1N. The first-order valence-corrected chi connectivity index (χ1v) is 43.3. The van der Waals surface area contributed by atoms with Crippen LogP contribution in [0.5, 0.6) is 5.75 Å². The van der Waals surface area contributed by atoms with E-state index in [2.05, 4.69) is 106 Å². The third-order valence-electron chi connectivity index (χ3n) is 17.8. The Balaban J connectivity index is 0.000000338. The highest BCUT2D eigenvalue weighted by Gasteiger charge is 2.24. The van der Waals surface area contributed by atoms with Crippen molar-refractivity contribution in [2.75, 3.05) is 79.2 Å². The second kappa shape index (κ2) is 54.4. The lowest BCUT2D eigenvalue weighted by molar-refractivity contribution is 0.0595. The maximum absolute atomic E-state index is 12.5. The number of nitrogens with two attached hydrogens (primary N) is 3. The van der Waals surface area contributed by atoms with Crippen molar-refractivity contribution < 1.29 is 76.7 Å². The fourth-order valence-electron chi connectivity index (χ4n) is 11.0. The van der Waals surface area contributed by atoms with Crippen molar-refractivity contribution in [3.8, 4) is 5.75 Å². The fraction of sp³-hybridized carbons (Fsp3) is 0.250.